The zero-order chi connectivity index (χ0) is 26.6. The van der Waals surface area contributed by atoms with Crippen molar-refractivity contribution in [3.8, 4) is 5.69 Å². The maximum Gasteiger partial charge on any atom is 0.337 e. The van der Waals surface area contributed by atoms with Gasteiger partial charge in [-0.2, -0.15) is 5.10 Å². The molecule has 4 aromatic rings. The molecule has 2 aromatic carbocycles. The van der Waals surface area contributed by atoms with Gasteiger partial charge in [-0.05, 0) is 42.5 Å². The number of carbonyl (C=O) groups is 2. The molecule has 2 aliphatic rings. The highest BCUT2D eigenvalue weighted by molar-refractivity contribution is 7.10. The molecule has 2 aromatic heterocycles. The van der Waals surface area contributed by atoms with Gasteiger partial charge in [0.15, 0.2) is 5.78 Å². The fourth-order valence-electron chi connectivity index (χ4n) is 5.57. The van der Waals surface area contributed by atoms with Crippen LogP contribution >= 0.6 is 11.3 Å². The van der Waals surface area contributed by atoms with Crippen molar-refractivity contribution in [1.29, 1.82) is 0 Å². The maximum atomic E-state index is 13.7. The number of nitro benzene ring substituents is 1. The SMILES string of the molecule is Cc1nn(-c2ccccc2C(=O)O)c2c1[C@H](c1cccc([N+](=O)[O-])c1)C1=C(C[C@@H](c3cccs3)CC1=O)N2. The zero-order valence-electron chi connectivity index (χ0n) is 20.2. The first-order valence-corrected chi connectivity index (χ1v) is 12.9. The van der Waals surface area contributed by atoms with Crippen LogP contribution in [0.4, 0.5) is 11.5 Å². The molecule has 1 aliphatic carbocycles. The predicted octanol–water partition coefficient (Wildman–Crippen LogP) is 5.81. The Morgan fingerprint density at radius 3 is 2.71 bits per heavy atom. The standard InChI is InChI=1S/C28H22N4O5S/c1-15-24-25(16-6-4-7-18(12-16)32(36)37)26-20(13-17(14-22(26)33)23-10-5-11-38-23)29-27(24)31(30-15)21-9-3-2-8-19(21)28(34)35/h2-12,17,25,29H,13-14H2,1H3,(H,34,35)/t17-,25+/m1/s1. The minimum absolute atomic E-state index is 0.00448. The number of ketones is 1. The molecule has 9 nitrogen and oxygen atoms in total. The summed E-state index contributed by atoms with van der Waals surface area (Å²) < 4.78 is 1.57. The summed E-state index contributed by atoms with van der Waals surface area (Å²) in [4.78, 5) is 38.0. The topological polar surface area (TPSA) is 127 Å². The van der Waals surface area contributed by atoms with Gasteiger partial charge >= 0.3 is 5.97 Å². The van der Waals surface area contributed by atoms with E-state index in [2.05, 4.69) is 5.32 Å². The predicted molar refractivity (Wildman–Crippen MR) is 142 cm³/mol. The molecule has 0 fully saturated rings. The van der Waals surface area contributed by atoms with Crippen LogP contribution in [0.1, 0.15) is 56.7 Å². The molecular formula is C28H22N4O5S. The van der Waals surface area contributed by atoms with Crippen LogP contribution in [0, 0.1) is 17.0 Å². The second kappa shape index (κ2) is 9.07. The lowest BCUT2D eigenvalue weighted by Gasteiger charge is -2.35. The highest BCUT2D eigenvalue weighted by atomic mass is 32.1. The smallest absolute Gasteiger partial charge is 0.337 e. The molecule has 10 heteroatoms. The van der Waals surface area contributed by atoms with Gasteiger partial charge in [0.1, 0.15) is 5.82 Å². The number of non-ortho nitro benzene ring substituents is 1. The number of Topliss-reactive ketones (excluding diaryl/α,β-unsaturated/α-hetero) is 1. The Morgan fingerprint density at radius 2 is 1.97 bits per heavy atom. The van der Waals surface area contributed by atoms with E-state index in [4.69, 9.17) is 5.10 Å². The molecule has 190 valence electrons. The van der Waals surface area contributed by atoms with Crippen molar-refractivity contribution < 1.29 is 19.6 Å². The number of nitrogens with one attached hydrogen (secondary N) is 1. The second-order valence-corrected chi connectivity index (χ2v) is 10.4. The Bertz CT molecular complexity index is 1650. The molecular weight excluding hydrogens is 504 g/mol. The Hall–Kier alpha value is -4.57. The third kappa shape index (κ3) is 3.81. The third-order valence-corrected chi connectivity index (χ3v) is 8.22. The number of para-hydroxylation sites is 1. The number of anilines is 1. The molecule has 0 saturated heterocycles. The van der Waals surface area contributed by atoms with E-state index in [0.717, 1.165) is 10.6 Å². The number of hydrogen-bond acceptors (Lipinski definition) is 7. The number of nitrogens with zero attached hydrogens (tertiary/aromatic N) is 3. The van der Waals surface area contributed by atoms with Crippen molar-refractivity contribution >= 4 is 34.6 Å². The summed E-state index contributed by atoms with van der Waals surface area (Å²) in [6.07, 6.45) is 0.925. The minimum Gasteiger partial charge on any atom is -0.478 e. The summed E-state index contributed by atoms with van der Waals surface area (Å²) in [6, 6.07) is 16.9. The van der Waals surface area contributed by atoms with Gasteiger partial charge in [-0.25, -0.2) is 9.48 Å². The van der Waals surface area contributed by atoms with Gasteiger partial charge in [-0.15, -0.1) is 11.3 Å². The van der Waals surface area contributed by atoms with Crippen molar-refractivity contribution in [2.24, 2.45) is 0 Å². The number of carbonyl (C=O) groups excluding carboxylic acids is 1. The van der Waals surface area contributed by atoms with E-state index in [1.165, 1.54) is 18.2 Å². The van der Waals surface area contributed by atoms with Crippen molar-refractivity contribution in [2.45, 2.75) is 31.6 Å². The van der Waals surface area contributed by atoms with Crippen LogP contribution in [0.15, 0.2) is 77.3 Å². The molecule has 3 heterocycles. The second-order valence-electron chi connectivity index (χ2n) is 9.43. The summed E-state index contributed by atoms with van der Waals surface area (Å²) >= 11 is 1.61. The first-order chi connectivity index (χ1) is 18.3. The highest BCUT2D eigenvalue weighted by Crippen LogP contribution is 2.50. The van der Waals surface area contributed by atoms with E-state index in [-0.39, 0.29) is 23.0 Å². The Morgan fingerprint density at radius 1 is 1.16 bits per heavy atom. The van der Waals surface area contributed by atoms with Crippen LogP contribution < -0.4 is 5.32 Å². The summed E-state index contributed by atoms with van der Waals surface area (Å²) in [5.41, 5.74) is 3.64. The van der Waals surface area contributed by atoms with Gasteiger partial charge in [0.2, 0.25) is 0 Å². The highest BCUT2D eigenvalue weighted by Gasteiger charge is 2.42. The summed E-state index contributed by atoms with van der Waals surface area (Å²) in [7, 11) is 0. The first-order valence-electron chi connectivity index (χ1n) is 12.1. The van der Waals surface area contributed by atoms with E-state index >= 15 is 0 Å². The number of hydrogen-bond donors (Lipinski definition) is 2. The fraction of sp³-hybridized carbons (Fsp3) is 0.179. The van der Waals surface area contributed by atoms with Crippen molar-refractivity contribution in [3.05, 3.63) is 115 Å². The molecule has 38 heavy (non-hydrogen) atoms. The van der Waals surface area contributed by atoms with Crippen LogP contribution in [0.3, 0.4) is 0 Å². The number of rotatable bonds is 5. The van der Waals surface area contributed by atoms with Gasteiger partial charge in [0, 0.05) is 52.1 Å². The number of carboxylic acid groups (broad SMARTS) is 1. The minimum atomic E-state index is -1.08. The Kier molecular flexibility index (Phi) is 5.68. The van der Waals surface area contributed by atoms with Crippen LogP contribution in [-0.2, 0) is 4.79 Å². The summed E-state index contributed by atoms with van der Waals surface area (Å²) in [6.45, 7) is 1.80. The van der Waals surface area contributed by atoms with Gasteiger partial charge in [0.25, 0.3) is 5.69 Å². The number of aromatic carboxylic acids is 1. The number of carboxylic acids is 1. The number of aryl methyl sites for hydroxylation is 1. The molecule has 2 atom stereocenters. The van der Waals surface area contributed by atoms with Crippen LogP contribution in [-0.4, -0.2) is 31.6 Å². The molecule has 0 radical (unpaired) electrons. The molecule has 1 aliphatic heterocycles. The molecule has 0 saturated carbocycles. The molecule has 6 rings (SSSR count). The molecule has 0 unspecified atom stereocenters. The quantitative estimate of drug-likeness (QED) is 0.248. The number of fused-ring (bicyclic) bond motifs is 1. The van der Waals surface area contributed by atoms with Gasteiger partial charge in [-0.3, -0.25) is 14.9 Å². The lowest BCUT2D eigenvalue weighted by Crippen LogP contribution is -2.30. The van der Waals surface area contributed by atoms with E-state index in [0.29, 0.717) is 46.7 Å². The van der Waals surface area contributed by atoms with Crippen LogP contribution in [0.25, 0.3) is 5.69 Å². The van der Waals surface area contributed by atoms with Crippen molar-refractivity contribution in [3.63, 3.8) is 0 Å². The number of aromatic nitrogens is 2. The number of thiophene rings is 1. The first kappa shape index (κ1) is 23.8. The average molecular weight is 527 g/mol. The normalized spacial score (nSPS) is 18.5. The van der Waals surface area contributed by atoms with Crippen LogP contribution in [0.2, 0.25) is 0 Å². The maximum absolute atomic E-state index is 13.7. The van der Waals surface area contributed by atoms with E-state index in [9.17, 15) is 24.8 Å². The van der Waals surface area contributed by atoms with E-state index < -0.39 is 16.8 Å². The molecule has 2 N–H and O–H groups in total. The van der Waals surface area contributed by atoms with Crippen molar-refractivity contribution in [2.75, 3.05) is 5.32 Å². The van der Waals surface area contributed by atoms with Crippen LogP contribution in [0.5, 0.6) is 0 Å². The monoisotopic (exact) mass is 526 g/mol. The Balaban J connectivity index is 1.58. The van der Waals surface area contributed by atoms with Crippen molar-refractivity contribution in [1.82, 2.24) is 9.78 Å². The molecule has 0 amide bonds. The lowest BCUT2D eigenvalue weighted by atomic mass is 9.73. The summed E-state index contributed by atoms with van der Waals surface area (Å²) in [5.74, 6) is -1.11. The van der Waals surface area contributed by atoms with Gasteiger partial charge < -0.3 is 10.4 Å². The van der Waals surface area contributed by atoms with E-state index in [1.54, 1.807) is 53.3 Å². The van der Waals surface area contributed by atoms with Gasteiger partial charge in [-0.1, -0.05) is 30.3 Å². The van der Waals surface area contributed by atoms with Gasteiger partial charge in [0.05, 0.1) is 21.9 Å². The number of allylic oxidation sites excluding steroid dienone is 2. The third-order valence-electron chi connectivity index (χ3n) is 7.18. The number of nitro groups is 1. The Labute approximate surface area is 221 Å². The zero-order valence-corrected chi connectivity index (χ0v) is 21.1. The largest absolute Gasteiger partial charge is 0.478 e. The average Bonchev–Trinajstić information content (AvgIpc) is 3.56. The molecule has 0 spiro atoms. The fourth-order valence-corrected chi connectivity index (χ4v) is 6.40. The molecule has 0 bridgehead atoms. The van der Waals surface area contributed by atoms with E-state index in [1.807, 2.05) is 17.5 Å². The lowest BCUT2D eigenvalue weighted by molar-refractivity contribution is -0.384. The number of benzene rings is 2. The summed E-state index contributed by atoms with van der Waals surface area (Å²) in [5, 5.41) is 31.6.